The van der Waals surface area contributed by atoms with Crippen molar-refractivity contribution in [1.29, 1.82) is 0 Å². The van der Waals surface area contributed by atoms with Crippen LogP contribution in [0.15, 0.2) is 24.7 Å². The molecular weight excluding hydrogens is 262 g/mol. The summed E-state index contributed by atoms with van der Waals surface area (Å²) in [7, 11) is 3.72. The van der Waals surface area contributed by atoms with E-state index in [1.54, 1.807) is 7.11 Å². The summed E-state index contributed by atoms with van der Waals surface area (Å²) >= 11 is 0. The van der Waals surface area contributed by atoms with Crippen molar-refractivity contribution < 1.29 is 4.74 Å². The quantitative estimate of drug-likeness (QED) is 0.887. The number of hydrogen-bond acceptors (Lipinski definition) is 3. The van der Waals surface area contributed by atoms with E-state index in [0.717, 1.165) is 24.4 Å². The van der Waals surface area contributed by atoms with Crippen LogP contribution in [0.3, 0.4) is 0 Å². The summed E-state index contributed by atoms with van der Waals surface area (Å²) in [6, 6.07) is 4.34. The molecule has 0 spiro atoms. The van der Waals surface area contributed by atoms with E-state index in [4.69, 9.17) is 4.74 Å². The van der Waals surface area contributed by atoms with Crippen LogP contribution in [0.5, 0.6) is 5.75 Å². The van der Waals surface area contributed by atoms with Crippen molar-refractivity contribution in [3.05, 3.63) is 47.0 Å². The lowest BCUT2D eigenvalue weighted by Gasteiger charge is -2.22. The molecule has 0 radical (unpaired) electrons. The highest BCUT2D eigenvalue weighted by Crippen LogP contribution is 2.33. The first-order valence-corrected chi connectivity index (χ1v) is 7.43. The smallest absolute Gasteiger partial charge is 0.124 e. The van der Waals surface area contributed by atoms with Crippen molar-refractivity contribution in [1.82, 2.24) is 14.9 Å². The Morgan fingerprint density at radius 3 is 2.67 bits per heavy atom. The van der Waals surface area contributed by atoms with Gasteiger partial charge in [-0.1, -0.05) is 13.0 Å². The van der Waals surface area contributed by atoms with Gasteiger partial charge in [-0.3, -0.25) is 0 Å². The van der Waals surface area contributed by atoms with E-state index in [-0.39, 0.29) is 6.04 Å². The van der Waals surface area contributed by atoms with E-state index in [1.807, 2.05) is 17.9 Å². The van der Waals surface area contributed by atoms with E-state index in [2.05, 4.69) is 49.4 Å². The summed E-state index contributed by atoms with van der Waals surface area (Å²) in [6.07, 6.45) is 4.98. The van der Waals surface area contributed by atoms with Crippen LogP contribution in [0.1, 0.15) is 41.8 Å². The molecule has 0 aliphatic carbocycles. The van der Waals surface area contributed by atoms with Gasteiger partial charge in [0.15, 0.2) is 0 Å². The second-order valence-corrected chi connectivity index (χ2v) is 5.55. The third-order valence-electron chi connectivity index (χ3n) is 3.62. The van der Waals surface area contributed by atoms with E-state index in [9.17, 15) is 0 Å². The number of methoxy groups -OCH3 is 1. The van der Waals surface area contributed by atoms with Crippen LogP contribution in [0, 0.1) is 13.8 Å². The van der Waals surface area contributed by atoms with Crippen LogP contribution in [0.25, 0.3) is 0 Å². The van der Waals surface area contributed by atoms with Gasteiger partial charge in [-0.2, -0.15) is 0 Å². The van der Waals surface area contributed by atoms with Crippen molar-refractivity contribution >= 4 is 0 Å². The van der Waals surface area contributed by atoms with Crippen LogP contribution in [0.2, 0.25) is 0 Å². The van der Waals surface area contributed by atoms with Crippen LogP contribution < -0.4 is 10.1 Å². The Kier molecular flexibility index (Phi) is 5.02. The number of benzene rings is 1. The van der Waals surface area contributed by atoms with Crippen molar-refractivity contribution in [3.8, 4) is 5.75 Å². The topological polar surface area (TPSA) is 39.1 Å². The molecule has 1 N–H and O–H groups in total. The number of nitrogens with one attached hydrogen (secondary N) is 1. The molecule has 1 unspecified atom stereocenters. The van der Waals surface area contributed by atoms with E-state index >= 15 is 0 Å². The molecule has 1 aromatic heterocycles. The zero-order valence-corrected chi connectivity index (χ0v) is 13.6. The van der Waals surface area contributed by atoms with Crippen molar-refractivity contribution in [2.45, 2.75) is 33.2 Å². The molecule has 0 aliphatic heterocycles. The Morgan fingerprint density at radius 1 is 1.33 bits per heavy atom. The minimum absolute atomic E-state index is 0.0571. The molecule has 0 fully saturated rings. The number of ether oxygens (including phenoxy) is 1. The molecule has 4 heteroatoms. The molecule has 0 aliphatic rings. The van der Waals surface area contributed by atoms with Crippen molar-refractivity contribution in [2.24, 2.45) is 7.05 Å². The number of aryl methyl sites for hydroxylation is 3. The lowest BCUT2D eigenvalue weighted by atomic mass is 9.96. The average Bonchev–Trinajstić information content (AvgIpc) is 2.87. The van der Waals surface area contributed by atoms with Gasteiger partial charge in [0, 0.05) is 18.8 Å². The fourth-order valence-electron chi connectivity index (χ4n) is 2.70. The molecule has 4 nitrogen and oxygen atoms in total. The SMILES string of the molecule is CCCNC(c1cn(C)cn1)c1c(C)cc(C)cc1OC. The summed E-state index contributed by atoms with van der Waals surface area (Å²) in [5.74, 6) is 0.923. The fourth-order valence-corrected chi connectivity index (χ4v) is 2.70. The van der Waals surface area contributed by atoms with Gasteiger partial charge in [0.25, 0.3) is 0 Å². The summed E-state index contributed by atoms with van der Waals surface area (Å²) in [5, 5.41) is 3.59. The second-order valence-electron chi connectivity index (χ2n) is 5.55. The van der Waals surface area contributed by atoms with Crippen molar-refractivity contribution in [2.75, 3.05) is 13.7 Å². The molecule has 1 heterocycles. The number of aromatic nitrogens is 2. The Hall–Kier alpha value is -1.81. The van der Waals surface area contributed by atoms with Crippen LogP contribution >= 0.6 is 0 Å². The molecular formula is C17H25N3O. The van der Waals surface area contributed by atoms with Gasteiger partial charge in [0.1, 0.15) is 5.75 Å². The minimum atomic E-state index is 0.0571. The van der Waals surface area contributed by atoms with Gasteiger partial charge in [-0.25, -0.2) is 4.98 Å². The first-order chi connectivity index (χ1) is 10.1. The van der Waals surface area contributed by atoms with E-state index in [0.29, 0.717) is 0 Å². The summed E-state index contributed by atoms with van der Waals surface area (Å²) < 4.78 is 7.60. The maximum Gasteiger partial charge on any atom is 0.124 e. The van der Waals surface area contributed by atoms with Gasteiger partial charge in [0.2, 0.25) is 0 Å². The minimum Gasteiger partial charge on any atom is -0.496 e. The summed E-state index contributed by atoms with van der Waals surface area (Å²) in [4.78, 5) is 4.53. The first-order valence-electron chi connectivity index (χ1n) is 7.43. The fraction of sp³-hybridized carbons (Fsp3) is 0.471. The molecule has 1 atom stereocenters. The molecule has 0 amide bonds. The van der Waals surface area contributed by atoms with Crippen LogP contribution in [-0.2, 0) is 7.05 Å². The standard InChI is InChI=1S/C17H25N3O/c1-6-7-18-17(14-10-20(4)11-19-14)16-13(3)8-12(2)9-15(16)21-5/h8-11,17-18H,6-7H2,1-5H3. The molecule has 1 aromatic carbocycles. The Morgan fingerprint density at radius 2 is 2.10 bits per heavy atom. The third kappa shape index (κ3) is 3.45. The molecule has 2 rings (SSSR count). The highest BCUT2D eigenvalue weighted by Gasteiger charge is 2.22. The molecule has 2 aromatic rings. The lowest BCUT2D eigenvalue weighted by molar-refractivity contribution is 0.402. The van der Waals surface area contributed by atoms with Crippen molar-refractivity contribution in [3.63, 3.8) is 0 Å². The van der Waals surface area contributed by atoms with E-state index < -0.39 is 0 Å². The summed E-state index contributed by atoms with van der Waals surface area (Å²) in [6.45, 7) is 7.34. The Labute approximate surface area is 127 Å². The van der Waals surface area contributed by atoms with Gasteiger partial charge < -0.3 is 14.6 Å². The molecule has 0 saturated heterocycles. The van der Waals surface area contributed by atoms with Gasteiger partial charge in [0.05, 0.1) is 25.2 Å². The van der Waals surface area contributed by atoms with Gasteiger partial charge >= 0.3 is 0 Å². The largest absolute Gasteiger partial charge is 0.496 e. The maximum absolute atomic E-state index is 5.62. The molecule has 114 valence electrons. The zero-order chi connectivity index (χ0) is 15.4. The third-order valence-corrected chi connectivity index (χ3v) is 3.62. The zero-order valence-electron chi connectivity index (χ0n) is 13.6. The highest BCUT2D eigenvalue weighted by molar-refractivity contribution is 5.47. The Balaban J connectivity index is 2.50. The van der Waals surface area contributed by atoms with Gasteiger partial charge in [-0.05, 0) is 44.0 Å². The maximum atomic E-state index is 5.62. The van der Waals surface area contributed by atoms with E-state index in [1.165, 1.54) is 16.7 Å². The average molecular weight is 287 g/mol. The highest BCUT2D eigenvalue weighted by atomic mass is 16.5. The number of nitrogens with zero attached hydrogens (tertiary/aromatic N) is 2. The molecule has 0 saturated carbocycles. The monoisotopic (exact) mass is 287 g/mol. The lowest BCUT2D eigenvalue weighted by Crippen LogP contribution is -2.25. The number of imidazole rings is 1. The predicted molar refractivity (Wildman–Crippen MR) is 85.8 cm³/mol. The number of hydrogen-bond donors (Lipinski definition) is 1. The second kappa shape index (κ2) is 6.76. The summed E-state index contributed by atoms with van der Waals surface area (Å²) in [5.41, 5.74) is 4.64. The number of rotatable bonds is 6. The van der Waals surface area contributed by atoms with Gasteiger partial charge in [-0.15, -0.1) is 0 Å². The Bertz CT molecular complexity index is 604. The normalized spacial score (nSPS) is 12.4. The predicted octanol–water partition coefficient (Wildman–Crippen LogP) is 3.13. The van der Waals surface area contributed by atoms with Crippen LogP contribution in [-0.4, -0.2) is 23.2 Å². The molecule has 0 bridgehead atoms. The first kappa shape index (κ1) is 15.6. The molecule has 21 heavy (non-hydrogen) atoms. The van der Waals surface area contributed by atoms with Crippen LogP contribution in [0.4, 0.5) is 0 Å².